The molecule has 0 fully saturated rings. The van der Waals surface area contributed by atoms with Crippen LogP contribution in [0.4, 0.5) is 5.13 Å². The lowest BCUT2D eigenvalue weighted by Gasteiger charge is -2.14. The number of carbonyl (C=O) groups excluding carboxylic acids is 1. The highest BCUT2D eigenvalue weighted by molar-refractivity contribution is 9.10. The van der Waals surface area contributed by atoms with Gasteiger partial charge >= 0.3 is 0 Å². The number of benzene rings is 3. The molecule has 0 aliphatic rings. The van der Waals surface area contributed by atoms with Crippen LogP contribution < -0.4 is 14.5 Å². The van der Waals surface area contributed by atoms with E-state index in [1.807, 2.05) is 49.4 Å². The van der Waals surface area contributed by atoms with Crippen molar-refractivity contribution < 1.29 is 14.3 Å². The van der Waals surface area contributed by atoms with Gasteiger partial charge < -0.3 is 9.47 Å². The van der Waals surface area contributed by atoms with Gasteiger partial charge in [0, 0.05) is 10.0 Å². The number of hydrazone groups is 1. The van der Waals surface area contributed by atoms with E-state index in [9.17, 15) is 4.79 Å². The number of ether oxygens (including phenoxy) is 2. The quantitative estimate of drug-likeness (QED) is 0.221. The summed E-state index contributed by atoms with van der Waals surface area (Å²) in [5.74, 6) is 1.08. The van der Waals surface area contributed by atoms with Gasteiger partial charge in [-0.3, -0.25) is 4.79 Å². The molecule has 0 unspecified atom stereocenters. The van der Waals surface area contributed by atoms with Gasteiger partial charge in [-0.1, -0.05) is 33.3 Å². The van der Waals surface area contributed by atoms with E-state index in [1.54, 1.807) is 37.6 Å². The number of anilines is 1. The largest absolute Gasteiger partial charge is 0.497 e. The van der Waals surface area contributed by atoms with Crippen molar-refractivity contribution in [3.63, 3.8) is 0 Å². The second kappa shape index (κ2) is 9.93. The Morgan fingerprint density at radius 1 is 1.12 bits per heavy atom. The molecule has 32 heavy (non-hydrogen) atoms. The van der Waals surface area contributed by atoms with Crippen molar-refractivity contribution in [2.24, 2.45) is 5.10 Å². The van der Waals surface area contributed by atoms with E-state index >= 15 is 0 Å². The molecular formula is C24H20BrN3O3S. The van der Waals surface area contributed by atoms with Gasteiger partial charge in [-0.2, -0.15) is 10.1 Å². The summed E-state index contributed by atoms with van der Waals surface area (Å²) in [7, 11) is 1.57. The van der Waals surface area contributed by atoms with Crippen LogP contribution in [0.5, 0.6) is 11.5 Å². The number of rotatable bonds is 7. The number of hydrogen-bond donors (Lipinski definition) is 0. The number of aromatic nitrogens is 1. The Morgan fingerprint density at radius 3 is 2.69 bits per heavy atom. The zero-order chi connectivity index (χ0) is 22.5. The average molecular weight is 510 g/mol. The lowest BCUT2D eigenvalue weighted by atomic mass is 10.2. The third-order valence-corrected chi connectivity index (χ3v) is 6.03. The highest BCUT2D eigenvalue weighted by Gasteiger charge is 2.21. The first kappa shape index (κ1) is 22.0. The number of nitrogens with zero attached hydrogens (tertiary/aromatic N) is 3. The summed E-state index contributed by atoms with van der Waals surface area (Å²) in [5.41, 5.74) is 2.09. The van der Waals surface area contributed by atoms with Gasteiger partial charge in [-0.25, -0.2) is 4.98 Å². The standard InChI is InChI=1S/C24H20BrN3O3S/c1-3-31-19-10-7-16(8-11-19)15-26-28(23(29)17-5-4-6-20(13-17)30-2)24-27-21-12-9-18(25)14-22(21)32-24/h4-15H,3H2,1-2H3/b26-15+. The summed E-state index contributed by atoms with van der Waals surface area (Å²) in [6.07, 6.45) is 1.63. The monoisotopic (exact) mass is 509 g/mol. The number of methoxy groups -OCH3 is 1. The summed E-state index contributed by atoms with van der Waals surface area (Å²) >= 11 is 4.88. The molecule has 0 N–H and O–H groups in total. The van der Waals surface area contributed by atoms with Gasteiger partial charge in [-0.15, -0.1) is 0 Å². The molecule has 4 aromatic rings. The Balaban J connectivity index is 1.71. The zero-order valence-corrected chi connectivity index (χ0v) is 19.9. The minimum Gasteiger partial charge on any atom is -0.497 e. The van der Waals surface area contributed by atoms with Crippen molar-refractivity contribution in [3.8, 4) is 11.5 Å². The Morgan fingerprint density at radius 2 is 1.94 bits per heavy atom. The van der Waals surface area contributed by atoms with E-state index in [2.05, 4.69) is 26.0 Å². The molecule has 3 aromatic carbocycles. The summed E-state index contributed by atoms with van der Waals surface area (Å²) < 4.78 is 12.7. The Bertz CT molecular complexity index is 1270. The number of amides is 1. The van der Waals surface area contributed by atoms with Crippen molar-refractivity contribution in [1.82, 2.24) is 4.98 Å². The Hall–Kier alpha value is -3.23. The van der Waals surface area contributed by atoms with Crippen molar-refractivity contribution in [1.29, 1.82) is 0 Å². The van der Waals surface area contributed by atoms with Crippen LogP contribution in [0.2, 0.25) is 0 Å². The first-order valence-corrected chi connectivity index (χ1v) is 11.5. The van der Waals surface area contributed by atoms with E-state index in [-0.39, 0.29) is 5.91 Å². The molecule has 0 radical (unpaired) electrons. The third-order valence-electron chi connectivity index (χ3n) is 4.54. The van der Waals surface area contributed by atoms with Gasteiger partial charge in [0.15, 0.2) is 0 Å². The maximum Gasteiger partial charge on any atom is 0.280 e. The Labute approximate surface area is 198 Å². The summed E-state index contributed by atoms with van der Waals surface area (Å²) in [4.78, 5) is 18.0. The smallest absolute Gasteiger partial charge is 0.280 e. The fourth-order valence-electron chi connectivity index (χ4n) is 2.99. The summed E-state index contributed by atoms with van der Waals surface area (Å²) in [5, 5.41) is 6.31. The Kier molecular flexibility index (Phi) is 6.82. The molecule has 4 rings (SSSR count). The normalized spacial score (nSPS) is 11.1. The minimum absolute atomic E-state index is 0.302. The van der Waals surface area contributed by atoms with Crippen LogP contribution in [-0.4, -0.2) is 30.8 Å². The molecule has 0 saturated heterocycles. The summed E-state index contributed by atoms with van der Waals surface area (Å²) in [6, 6.07) is 20.3. The molecule has 0 atom stereocenters. The van der Waals surface area contributed by atoms with Crippen molar-refractivity contribution >= 4 is 54.7 Å². The van der Waals surface area contributed by atoms with Crippen molar-refractivity contribution in [3.05, 3.63) is 82.3 Å². The van der Waals surface area contributed by atoms with Crippen LogP contribution in [0.15, 0.2) is 76.3 Å². The maximum absolute atomic E-state index is 13.4. The molecule has 1 amide bonds. The van der Waals surface area contributed by atoms with Crippen molar-refractivity contribution in [2.45, 2.75) is 6.92 Å². The molecule has 0 aliphatic heterocycles. The SMILES string of the molecule is CCOc1ccc(/C=N/N(C(=O)c2cccc(OC)c2)c2nc3ccc(Br)cc3s2)cc1. The maximum atomic E-state index is 13.4. The molecule has 1 aromatic heterocycles. The van der Waals surface area contributed by atoms with Crippen LogP contribution >= 0.6 is 27.3 Å². The van der Waals surface area contributed by atoms with Gasteiger partial charge in [0.05, 0.1) is 30.1 Å². The highest BCUT2D eigenvalue weighted by atomic mass is 79.9. The molecule has 0 bridgehead atoms. The number of halogens is 1. The molecule has 0 saturated carbocycles. The van der Waals surface area contributed by atoms with E-state index in [4.69, 9.17) is 9.47 Å². The van der Waals surface area contributed by atoms with Gasteiger partial charge in [-0.05, 0) is 73.2 Å². The molecule has 1 heterocycles. The van der Waals surface area contributed by atoms with Crippen LogP contribution in [0, 0.1) is 0 Å². The number of hydrogen-bond acceptors (Lipinski definition) is 6. The van der Waals surface area contributed by atoms with Gasteiger partial charge in [0.1, 0.15) is 11.5 Å². The van der Waals surface area contributed by atoms with Crippen LogP contribution in [0.25, 0.3) is 10.2 Å². The second-order valence-corrected chi connectivity index (χ2v) is 8.63. The lowest BCUT2D eigenvalue weighted by molar-refractivity contribution is 0.0987. The predicted octanol–water partition coefficient (Wildman–Crippen LogP) is 6.15. The average Bonchev–Trinajstić information content (AvgIpc) is 3.23. The van der Waals surface area contributed by atoms with Gasteiger partial charge in [0.25, 0.3) is 5.91 Å². The van der Waals surface area contributed by atoms with E-state index in [1.165, 1.54) is 16.3 Å². The fourth-order valence-corrected chi connectivity index (χ4v) is 4.46. The van der Waals surface area contributed by atoms with Crippen LogP contribution in [-0.2, 0) is 0 Å². The van der Waals surface area contributed by atoms with Crippen molar-refractivity contribution in [2.75, 3.05) is 18.7 Å². The van der Waals surface area contributed by atoms with Crippen LogP contribution in [0.1, 0.15) is 22.8 Å². The first-order chi connectivity index (χ1) is 15.6. The lowest BCUT2D eigenvalue weighted by Crippen LogP contribution is -2.25. The van der Waals surface area contributed by atoms with E-state index in [0.717, 1.165) is 26.0 Å². The third kappa shape index (κ3) is 4.98. The molecular weight excluding hydrogens is 490 g/mol. The molecule has 8 heteroatoms. The van der Waals surface area contributed by atoms with Gasteiger partial charge in [0.2, 0.25) is 5.13 Å². The first-order valence-electron chi connectivity index (χ1n) is 9.89. The van der Waals surface area contributed by atoms with E-state index < -0.39 is 0 Å². The number of carbonyl (C=O) groups is 1. The molecule has 6 nitrogen and oxygen atoms in total. The highest BCUT2D eigenvalue weighted by Crippen LogP contribution is 2.32. The summed E-state index contributed by atoms with van der Waals surface area (Å²) in [6.45, 7) is 2.54. The number of fused-ring (bicyclic) bond motifs is 1. The number of thiazole rings is 1. The fraction of sp³-hybridized carbons (Fsp3) is 0.125. The zero-order valence-electron chi connectivity index (χ0n) is 17.5. The van der Waals surface area contributed by atoms with E-state index in [0.29, 0.717) is 23.1 Å². The van der Waals surface area contributed by atoms with Crippen LogP contribution in [0.3, 0.4) is 0 Å². The second-order valence-electron chi connectivity index (χ2n) is 6.70. The molecule has 162 valence electrons. The minimum atomic E-state index is -0.302. The topological polar surface area (TPSA) is 64.0 Å². The molecule has 0 aliphatic carbocycles. The molecule has 0 spiro atoms. The predicted molar refractivity (Wildman–Crippen MR) is 132 cm³/mol.